The van der Waals surface area contributed by atoms with E-state index in [0.29, 0.717) is 17.9 Å². The van der Waals surface area contributed by atoms with Gasteiger partial charge in [-0.2, -0.15) is 0 Å². The van der Waals surface area contributed by atoms with E-state index in [1.807, 2.05) is 13.8 Å². The average Bonchev–Trinajstić information content (AvgIpc) is 3.16. The van der Waals surface area contributed by atoms with Crippen molar-refractivity contribution in [2.45, 2.75) is 84.9 Å². The van der Waals surface area contributed by atoms with E-state index in [1.165, 1.54) is 0 Å². The zero-order chi connectivity index (χ0) is 17.2. The van der Waals surface area contributed by atoms with Gasteiger partial charge in [-0.05, 0) is 51.9 Å². The number of allylic oxidation sites excluding steroid dienone is 1. The van der Waals surface area contributed by atoms with Gasteiger partial charge in [0, 0.05) is 11.8 Å². The maximum Gasteiger partial charge on any atom is 0.161 e. The van der Waals surface area contributed by atoms with Crippen molar-refractivity contribution in [2.75, 3.05) is 6.61 Å². The second-order valence-electron chi connectivity index (χ2n) is 7.79. The molecule has 4 heteroatoms. The van der Waals surface area contributed by atoms with Gasteiger partial charge in [0.15, 0.2) is 6.29 Å². The Hall–Kier alpha value is -0.580. The van der Waals surface area contributed by atoms with Crippen LogP contribution >= 0.6 is 0 Å². The zero-order valence-electron chi connectivity index (χ0n) is 15.4. The molecule has 2 fully saturated rings. The quantitative estimate of drug-likeness (QED) is 0.688. The van der Waals surface area contributed by atoms with Gasteiger partial charge in [-0.15, -0.1) is 0 Å². The molecule has 1 N–H and O–H groups in total. The first-order chi connectivity index (χ1) is 10.8. The molecule has 1 aliphatic heterocycles. The fraction of sp³-hybridized carbons (Fsp3) is 0.895. The van der Waals surface area contributed by atoms with Gasteiger partial charge >= 0.3 is 0 Å². The van der Waals surface area contributed by atoms with Gasteiger partial charge in [-0.25, -0.2) is 0 Å². The predicted octanol–water partition coefficient (Wildman–Crippen LogP) is 3.88. The molecular formula is C19H34O4. The number of aliphatic hydroxyl groups is 1. The topological polar surface area (TPSA) is 47.9 Å². The molecule has 4 nitrogen and oxygen atoms in total. The molecular weight excluding hydrogens is 292 g/mol. The predicted molar refractivity (Wildman–Crippen MR) is 90.9 cm³/mol. The fourth-order valence-electron chi connectivity index (χ4n) is 3.59. The summed E-state index contributed by atoms with van der Waals surface area (Å²) in [5, 5.41) is 9.84. The third-order valence-corrected chi connectivity index (χ3v) is 5.53. The summed E-state index contributed by atoms with van der Waals surface area (Å²) in [4.78, 5) is 0. The van der Waals surface area contributed by atoms with Crippen molar-refractivity contribution in [3.05, 3.63) is 12.3 Å². The summed E-state index contributed by atoms with van der Waals surface area (Å²) in [7, 11) is 0. The normalized spacial score (nSPS) is 41.4. The molecule has 0 radical (unpaired) electrons. The largest absolute Gasteiger partial charge is 0.499 e. The van der Waals surface area contributed by atoms with Crippen molar-refractivity contribution < 1.29 is 19.3 Å². The minimum Gasteiger partial charge on any atom is -0.499 e. The van der Waals surface area contributed by atoms with Gasteiger partial charge in [0.1, 0.15) is 0 Å². The van der Waals surface area contributed by atoms with E-state index in [1.54, 1.807) is 0 Å². The third-order valence-electron chi connectivity index (χ3n) is 5.53. The van der Waals surface area contributed by atoms with Gasteiger partial charge in [0.05, 0.1) is 30.7 Å². The van der Waals surface area contributed by atoms with Crippen molar-refractivity contribution in [2.24, 2.45) is 17.3 Å². The van der Waals surface area contributed by atoms with Crippen molar-refractivity contribution in [3.63, 3.8) is 0 Å². The molecule has 1 heterocycles. The molecule has 2 rings (SSSR count). The highest BCUT2D eigenvalue weighted by molar-refractivity contribution is 5.12. The minimum atomic E-state index is -0.379. The molecule has 1 aliphatic carbocycles. The molecule has 0 aromatic heterocycles. The van der Waals surface area contributed by atoms with E-state index >= 15 is 0 Å². The molecule has 0 spiro atoms. The Bertz CT molecular complexity index is 410. The lowest BCUT2D eigenvalue weighted by Crippen LogP contribution is -2.44. The lowest BCUT2D eigenvalue weighted by atomic mass is 9.95. The summed E-state index contributed by atoms with van der Waals surface area (Å²) in [5.41, 5.74) is 0.312. The van der Waals surface area contributed by atoms with Gasteiger partial charge < -0.3 is 19.3 Å². The first-order valence-electron chi connectivity index (χ1n) is 9.07. The molecule has 0 bridgehead atoms. The molecule has 2 unspecified atom stereocenters. The highest BCUT2D eigenvalue weighted by atomic mass is 16.7. The Morgan fingerprint density at radius 1 is 1.43 bits per heavy atom. The summed E-state index contributed by atoms with van der Waals surface area (Å²) in [5.74, 6) is 1.66. The minimum absolute atomic E-state index is 0.150. The van der Waals surface area contributed by atoms with Crippen LogP contribution in [0.2, 0.25) is 0 Å². The van der Waals surface area contributed by atoms with E-state index in [2.05, 4.69) is 27.4 Å². The smallest absolute Gasteiger partial charge is 0.161 e. The Labute approximate surface area is 141 Å². The van der Waals surface area contributed by atoms with Crippen molar-refractivity contribution in [3.8, 4) is 0 Å². The summed E-state index contributed by atoms with van der Waals surface area (Å²) in [6.45, 7) is 15.2. The molecule has 0 aromatic carbocycles. The van der Waals surface area contributed by atoms with Crippen LogP contribution in [0.3, 0.4) is 0 Å². The van der Waals surface area contributed by atoms with Gasteiger partial charge in [0.2, 0.25) is 0 Å². The monoisotopic (exact) mass is 326 g/mol. The second kappa shape index (κ2) is 7.54. The molecule has 23 heavy (non-hydrogen) atoms. The number of ether oxygens (including phenoxy) is 3. The number of aliphatic hydroxyl groups excluding tert-OH is 1. The van der Waals surface area contributed by atoms with Crippen LogP contribution in [0.25, 0.3) is 0 Å². The van der Waals surface area contributed by atoms with Crippen LogP contribution in [-0.2, 0) is 14.2 Å². The van der Waals surface area contributed by atoms with Crippen LogP contribution in [0.5, 0.6) is 0 Å². The molecule has 2 aliphatic rings. The van der Waals surface area contributed by atoms with E-state index in [0.717, 1.165) is 31.4 Å². The molecule has 0 aromatic rings. The number of hydrogen-bond acceptors (Lipinski definition) is 4. The van der Waals surface area contributed by atoms with Crippen molar-refractivity contribution >= 4 is 0 Å². The molecule has 1 saturated carbocycles. The first-order valence-corrected chi connectivity index (χ1v) is 9.07. The summed E-state index contributed by atoms with van der Waals surface area (Å²) in [6.07, 6.45) is 3.46. The van der Waals surface area contributed by atoms with Crippen LogP contribution in [0.15, 0.2) is 12.3 Å². The fourth-order valence-corrected chi connectivity index (χ4v) is 3.59. The first kappa shape index (κ1) is 18.8. The van der Waals surface area contributed by atoms with Crippen LogP contribution in [0.4, 0.5) is 0 Å². The lowest BCUT2D eigenvalue weighted by Gasteiger charge is -2.37. The summed E-state index contributed by atoms with van der Waals surface area (Å²) in [6, 6.07) is 0. The molecule has 1 saturated heterocycles. The Morgan fingerprint density at radius 2 is 2.13 bits per heavy atom. The van der Waals surface area contributed by atoms with Crippen molar-refractivity contribution in [1.82, 2.24) is 0 Å². The number of rotatable bonds is 8. The second-order valence-corrected chi connectivity index (χ2v) is 7.79. The Morgan fingerprint density at radius 3 is 2.78 bits per heavy atom. The highest BCUT2D eigenvalue weighted by Gasteiger charge is 2.51. The van der Waals surface area contributed by atoms with Gasteiger partial charge in [0.25, 0.3) is 0 Å². The number of hydrogen-bond donors (Lipinski definition) is 1. The SMILES string of the molecule is C=C(OCC)[C@H]1C[C@]1(C)CC[C@@H](C)OC1O[C@@H](C)C(O)C[C@H]1C. The van der Waals surface area contributed by atoms with Gasteiger partial charge in [-0.1, -0.05) is 20.4 Å². The maximum atomic E-state index is 9.84. The standard InChI is InChI=1S/C19H34O4/c1-7-21-14(4)16-11-19(16,6)9-8-13(3)22-18-12(2)10-17(20)15(5)23-18/h12-13,15-18,20H,4,7-11H2,1-3,5-6H3/t12-,13-,15+,16-,17?,18?,19+/m1/s1. The average molecular weight is 326 g/mol. The Balaban J connectivity index is 1.73. The van der Waals surface area contributed by atoms with Crippen LogP contribution in [0, 0.1) is 17.3 Å². The molecule has 134 valence electrons. The lowest BCUT2D eigenvalue weighted by molar-refractivity contribution is -0.255. The maximum absolute atomic E-state index is 9.84. The van der Waals surface area contributed by atoms with Crippen molar-refractivity contribution in [1.29, 1.82) is 0 Å². The third kappa shape index (κ3) is 4.71. The molecule has 7 atom stereocenters. The van der Waals surface area contributed by atoms with Gasteiger partial charge in [-0.3, -0.25) is 0 Å². The van der Waals surface area contributed by atoms with E-state index in [4.69, 9.17) is 14.2 Å². The Kier molecular flexibility index (Phi) is 6.15. The van der Waals surface area contributed by atoms with Crippen LogP contribution in [0.1, 0.15) is 60.3 Å². The molecule has 0 amide bonds. The van der Waals surface area contributed by atoms with E-state index in [-0.39, 0.29) is 30.5 Å². The summed E-state index contributed by atoms with van der Waals surface area (Å²) >= 11 is 0. The zero-order valence-corrected chi connectivity index (χ0v) is 15.4. The van der Waals surface area contributed by atoms with E-state index < -0.39 is 0 Å². The van der Waals surface area contributed by atoms with Crippen LogP contribution < -0.4 is 0 Å². The van der Waals surface area contributed by atoms with E-state index in [9.17, 15) is 5.11 Å². The van der Waals surface area contributed by atoms with Crippen LogP contribution in [-0.4, -0.2) is 36.3 Å². The summed E-state index contributed by atoms with van der Waals surface area (Å²) < 4.78 is 17.5. The highest BCUT2D eigenvalue weighted by Crippen LogP contribution is 2.59.